The molecule has 1 saturated carbocycles. The number of carbonyl (C=O) groups is 4. The van der Waals surface area contributed by atoms with Gasteiger partial charge in [-0.2, -0.15) is 0 Å². The second-order valence-electron chi connectivity index (χ2n) is 22.0. The molecule has 5 aliphatic rings. The Balaban J connectivity index is 0.905. The van der Waals surface area contributed by atoms with E-state index in [4.69, 9.17) is 33.9 Å². The molecule has 20 heteroatoms. The summed E-state index contributed by atoms with van der Waals surface area (Å²) in [6.07, 6.45) is 8.89. The summed E-state index contributed by atoms with van der Waals surface area (Å²) in [5.74, 6) is 0.993. The number of benzene rings is 2. The largest absolute Gasteiger partial charge is 0.464 e. The lowest BCUT2D eigenvalue weighted by atomic mass is 9.82. The van der Waals surface area contributed by atoms with Crippen LogP contribution in [-0.2, 0) is 23.8 Å². The van der Waals surface area contributed by atoms with Crippen molar-refractivity contribution in [1.29, 1.82) is 0 Å². The van der Waals surface area contributed by atoms with Crippen LogP contribution in [-0.4, -0.2) is 114 Å². The lowest BCUT2D eigenvalue weighted by Gasteiger charge is -2.41. The number of halogens is 1. The van der Waals surface area contributed by atoms with Crippen LogP contribution in [0, 0.1) is 23.6 Å². The Bertz CT molecular complexity index is 3180. The van der Waals surface area contributed by atoms with Crippen molar-refractivity contribution in [3.63, 3.8) is 0 Å². The number of hydrogen-bond acceptors (Lipinski definition) is 12. The van der Waals surface area contributed by atoms with E-state index in [0.29, 0.717) is 84.7 Å². The molecule has 4 N–H and O–H groups in total. The summed E-state index contributed by atoms with van der Waals surface area (Å²) >= 11 is 1.62. The molecule has 75 heavy (non-hydrogen) atoms. The van der Waals surface area contributed by atoms with Crippen LogP contribution < -0.4 is 15.4 Å². The van der Waals surface area contributed by atoms with Gasteiger partial charge in [-0.1, -0.05) is 26.8 Å². The van der Waals surface area contributed by atoms with Gasteiger partial charge in [-0.3, -0.25) is 14.2 Å². The molecule has 6 aromatic rings. The highest BCUT2D eigenvalue weighted by atomic mass is 32.1. The number of nitrogens with one attached hydrogen (secondary N) is 4. The average molecular weight is 1050 g/mol. The number of imidazole rings is 2. The van der Waals surface area contributed by atoms with Gasteiger partial charge < -0.3 is 49.3 Å². The zero-order valence-electron chi connectivity index (χ0n) is 43.6. The first kappa shape index (κ1) is 50.4. The molecule has 1 aliphatic carbocycles. The number of ether oxygens (including phenoxy) is 4. The fourth-order valence-electron chi connectivity index (χ4n) is 11.8. The van der Waals surface area contributed by atoms with Gasteiger partial charge in [-0.05, 0) is 114 Å². The lowest BCUT2D eigenvalue weighted by molar-refractivity contribution is -0.141. The number of H-pyrrole nitrogens is 2. The topological polar surface area (TPSA) is 211 Å². The zero-order valence-corrected chi connectivity index (χ0v) is 44.4. The van der Waals surface area contributed by atoms with Crippen molar-refractivity contribution in [2.75, 3.05) is 27.4 Å². The summed E-state index contributed by atoms with van der Waals surface area (Å²) in [7, 11) is 2.57. The first-order chi connectivity index (χ1) is 36.0. The average Bonchev–Trinajstić information content (AvgIpc) is 4.08. The number of alkyl carbamates (subject to hydrolysis) is 2. The summed E-state index contributed by atoms with van der Waals surface area (Å²) in [5, 5.41) is 7.51. The van der Waals surface area contributed by atoms with Crippen LogP contribution in [0.1, 0.15) is 132 Å². The number of likely N-dealkylation sites (tertiary alicyclic amines) is 2. The van der Waals surface area contributed by atoms with Gasteiger partial charge in [0, 0.05) is 47.8 Å². The maximum absolute atomic E-state index is 17.0. The number of nitrogens with zero attached hydrogens (tertiary/aromatic N) is 6. The molecule has 4 fully saturated rings. The molecule has 11 rings (SSSR count). The minimum atomic E-state index is -0.805. The van der Waals surface area contributed by atoms with Crippen molar-refractivity contribution in [3.05, 3.63) is 82.3 Å². The van der Waals surface area contributed by atoms with E-state index in [9.17, 15) is 19.2 Å². The Morgan fingerprint density at radius 1 is 0.867 bits per heavy atom. The standard InChI is InChI=1S/C55H65FN10O8S/c1-27(2)45(62-53(69)71-7)50(67)64-16-9-10-39(64)47-57-25-37(61-47)33-20-35(56)44-40-21-34-19-31(13-14-38(34)66(40)52(74-42(44)22-33)43-26-59-49(75-43)30-11-12-30)36-24-58-48(60-36)41-18-28(3)29(4)65(41)51(68)46(63-54(70)72-8)32-15-17-73-55(5,6)23-32/h13-14,19-22,24-30,32,39,41,45-46,52H,9-12,15-18,23H2,1-8H3,(H,57,61)(H,58,60)(H,62,69)(H,63,70)/t28-,29-,32?,39+,41+,45+,46?,52?/m1/s1. The van der Waals surface area contributed by atoms with Crippen LogP contribution in [0.5, 0.6) is 5.75 Å². The van der Waals surface area contributed by atoms with Crippen molar-refractivity contribution >= 4 is 46.2 Å². The highest BCUT2D eigenvalue weighted by molar-refractivity contribution is 7.11. The second-order valence-corrected chi connectivity index (χ2v) is 23.0. The fourth-order valence-corrected chi connectivity index (χ4v) is 12.9. The van der Waals surface area contributed by atoms with E-state index in [-0.39, 0.29) is 47.7 Å². The van der Waals surface area contributed by atoms with Gasteiger partial charge in [-0.15, -0.1) is 11.3 Å². The third-order valence-corrected chi connectivity index (χ3v) is 17.3. The fraction of sp³-hybridized carbons (Fsp3) is 0.509. The molecule has 18 nitrogen and oxygen atoms in total. The Morgan fingerprint density at radius 3 is 2.29 bits per heavy atom. The van der Waals surface area contributed by atoms with Crippen LogP contribution in [0.25, 0.3) is 44.7 Å². The quantitative estimate of drug-likeness (QED) is 0.0906. The predicted octanol–water partition coefficient (Wildman–Crippen LogP) is 9.77. The maximum Gasteiger partial charge on any atom is 0.407 e. The summed E-state index contributed by atoms with van der Waals surface area (Å²) in [5.41, 5.74) is 4.09. The summed E-state index contributed by atoms with van der Waals surface area (Å²) in [6.45, 7) is 12.9. The van der Waals surface area contributed by atoms with E-state index in [1.807, 2.05) is 63.1 Å². The number of methoxy groups -OCH3 is 2. The molecular weight excluding hydrogens is 980 g/mol. The third kappa shape index (κ3) is 9.41. The highest BCUT2D eigenvalue weighted by Gasteiger charge is 2.47. The Labute approximate surface area is 438 Å². The Morgan fingerprint density at radius 2 is 1.59 bits per heavy atom. The second kappa shape index (κ2) is 19.7. The molecule has 4 amide bonds. The number of thiazole rings is 1. The van der Waals surface area contributed by atoms with Gasteiger partial charge in [0.1, 0.15) is 35.3 Å². The normalized spacial score (nSPS) is 23.9. The monoisotopic (exact) mass is 1040 g/mol. The van der Waals surface area contributed by atoms with Crippen molar-refractivity contribution in [1.82, 2.24) is 49.9 Å². The number of fused-ring (bicyclic) bond motifs is 5. The molecule has 3 unspecified atom stereocenters. The molecule has 4 aromatic heterocycles. The van der Waals surface area contributed by atoms with Crippen LogP contribution in [0.4, 0.5) is 14.0 Å². The number of amides is 4. The summed E-state index contributed by atoms with van der Waals surface area (Å²) in [4.78, 5) is 79.5. The van der Waals surface area contributed by atoms with Gasteiger partial charge in [0.15, 0.2) is 0 Å². The first-order valence-electron chi connectivity index (χ1n) is 26.2. The van der Waals surface area contributed by atoms with Crippen molar-refractivity contribution in [2.24, 2.45) is 17.8 Å². The number of hydrogen-bond donors (Lipinski definition) is 4. The van der Waals surface area contributed by atoms with Crippen LogP contribution in [0.2, 0.25) is 0 Å². The molecule has 0 radical (unpaired) electrons. The minimum Gasteiger partial charge on any atom is -0.464 e. The van der Waals surface area contributed by atoms with Crippen LogP contribution in [0.3, 0.4) is 0 Å². The molecule has 3 saturated heterocycles. The van der Waals surface area contributed by atoms with E-state index in [2.05, 4.69) is 45.1 Å². The molecular formula is C55H65FN10O8S. The molecule has 4 aliphatic heterocycles. The molecule has 396 valence electrons. The molecule has 8 atom stereocenters. The highest BCUT2D eigenvalue weighted by Crippen LogP contribution is 2.50. The van der Waals surface area contributed by atoms with E-state index >= 15 is 4.39 Å². The Kier molecular flexibility index (Phi) is 13.2. The van der Waals surface area contributed by atoms with Crippen molar-refractivity contribution in [2.45, 2.75) is 134 Å². The van der Waals surface area contributed by atoms with Crippen molar-refractivity contribution < 1.29 is 42.5 Å². The third-order valence-electron chi connectivity index (χ3n) is 16.1. The van der Waals surface area contributed by atoms with Gasteiger partial charge in [0.05, 0.1) is 82.3 Å². The lowest BCUT2D eigenvalue weighted by Crippen LogP contribution is -2.56. The number of aromatic nitrogens is 6. The molecule has 2 aromatic carbocycles. The van der Waals surface area contributed by atoms with Crippen LogP contribution >= 0.6 is 11.3 Å². The van der Waals surface area contributed by atoms with Crippen LogP contribution in [0.15, 0.2) is 55.0 Å². The zero-order chi connectivity index (χ0) is 52.6. The molecule has 0 spiro atoms. The van der Waals surface area contributed by atoms with Gasteiger partial charge in [0.25, 0.3) is 0 Å². The smallest absolute Gasteiger partial charge is 0.407 e. The van der Waals surface area contributed by atoms with Gasteiger partial charge in [0.2, 0.25) is 18.0 Å². The number of aromatic amines is 2. The Hall–Kier alpha value is -6.80. The number of rotatable bonds is 12. The SMILES string of the molecule is COC(=O)NC(C(=O)N1[C@H](C)[C@H](C)C[C@H]1c1ncc(-c2ccc3c(c2)cc2n3C(c3cnc(C4CC4)s3)Oc3cc(-c4cnc([C@@H]5CCCN5C(=O)[C@@H](NC(=O)OC)C(C)C)[nH]4)cc(F)c3-2)[nH]1)C1CCOC(C)(C)C1. The summed E-state index contributed by atoms with van der Waals surface area (Å²) in [6, 6.07) is 8.99. The number of carbonyl (C=O) groups excluding carboxylic acids is 4. The maximum atomic E-state index is 17.0. The van der Waals surface area contributed by atoms with Crippen molar-refractivity contribution in [3.8, 4) is 39.5 Å². The summed E-state index contributed by atoms with van der Waals surface area (Å²) < 4.78 is 41.8. The van der Waals surface area contributed by atoms with Gasteiger partial charge >= 0.3 is 12.2 Å². The van der Waals surface area contributed by atoms with E-state index in [0.717, 1.165) is 51.3 Å². The van der Waals surface area contributed by atoms with E-state index in [1.54, 1.807) is 28.6 Å². The van der Waals surface area contributed by atoms with E-state index in [1.165, 1.54) is 20.3 Å². The minimum absolute atomic E-state index is 0.123. The van der Waals surface area contributed by atoms with E-state index < -0.39 is 41.9 Å². The molecule has 0 bridgehead atoms. The molecule has 8 heterocycles. The predicted molar refractivity (Wildman–Crippen MR) is 278 cm³/mol. The van der Waals surface area contributed by atoms with Gasteiger partial charge in [-0.25, -0.2) is 28.9 Å². The first-order valence-corrected chi connectivity index (χ1v) is 27.0.